The SMILES string of the molecule is c1ccc(-c2cccc(N(c3ccc(-c4ccc5oc6ccccc6c5c4)cc3)c3ccc4c5c(-c6ccccc6)cccc5n(-c5ccccc5)c4c3)c2)cc1. The van der Waals surface area contributed by atoms with Crippen LogP contribution in [-0.4, -0.2) is 4.57 Å². The average Bonchev–Trinajstić information content (AvgIpc) is 3.83. The first kappa shape index (κ1) is 32.8. The van der Waals surface area contributed by atoms with Gasteiger partial charge < -0.3 is 13.9 Å². The highest BCUT2D eigenvalue weighted by atomic mass is 16.3. The van der Waals surface area contributed by atoms with Gasteiger partial charge in [-0.25, -0.2) is 0 Å². The Morgan fingerprint density at radius 1 is 0.333 bits per heavy atom. The van der Waals surface area contributed by atoms with Gasteiger partial charge in [-0.05, 0) is 106 Å². The summed E-state index contributed by atoms with van der Waals surface area (Å²) < 4.78 is 8.55. The Balaban J connectivity index is 1.10. The lowest BCUT2D eigenvalue weighted by Gasteiger charge is -2.26. The molecular formula is C54H36N2O. The van der Waals surface area contributed by atoms with E-state index < -0.39 is 0 Å². The molecule has 0 radical (unpaired) electrons. The van der Waals surface area contributed by atoms with Crippen molar-refractivity contribution >= 4 is 60.8 Å². The fourth-order valence-corrected chi connectivity index (χ4v) is 8.52. The second-order valence-electron chi connectivity index (χ2n) is 14.5. The molecule has 0 spiro atoms. The molecule has 3 nitrogen and oxygen atoms in total. The Morgan fingerprint density at radius 2 is 0.930 bits per heavy atom. The number of hydrogen-bond donors (Lipinski definition) is 0. The monoisotopic (exact) mass is 728 g/mol. The number of fused-ring (bicyclic) bond motifs is 6. The van der Waals surface area contributed by atoms with E-state index in [-0.39, 0.29) is 0 Å². The molecule has 0 atom stereocenters. The van der Waals surface area contributed by atoms with Crippen LogP contribution in [0.3, 0.4) is 0 Å². The fraction of sp³-hybridized carbons (Fsp3) is 0. The van der Waals surface area contributed by atoms with Crippen LogP contribution in [0.1, 0.15) is 0 Å². The summed E-state index contributed by atoms with van der Waals surface area (Å²) in [6, 6.07) is 78.2. The molecule has 0 aliphatic heterocycles. The molecular weight excluding hydrogens is 693 g/mol. The predicted octanol–water partition coefficient (Wildman–Crippen LogP) is 15.2. The molecule has 0 aliphatic carbocycles. The van der Waals surface area contributed by atoms with Gasteiger partial charge in [0.15, 0.2) is 0 Å². The van der Waals surface area contributed by atoms with Gasteiger partial charge in [-0.1, -0.05) is 146 Å². The molecule has 0 amide bonds. The molecule has 2 heterocycles. The Morgan fingerprint density at radius 3 is 1.74 bits per heavy atom. The summed E-state index contributed by atoms with van der Waals surface area (Å²) in [7, 11) is 0. The molecule has 11 rings (SSSR count). The van der Waals surface area contributed by atoms with Crippen LogP contribution in [0.15, 0.2) is 223 Å². The molecule has 0 saturated heterocycles. The van der Waals surface area contributed by atoms with E-state index in [4.69, 9.17) is 4.42 Å². The Bertz CT molecular complexity index is 3220. The first-order chi connectivity index (χ1) is 28.3. The van der Waals surface area contributed by atoms with Gasteiger partial charge in [0.2, 0.25) is 0 Å². The number of nitrogens with zero attached hydrogens (tertiary/aromatic N) is 2. The zero-order valence-electron chi connectivity index (χ0n) is 31.1. The highest BCUT2D eigenvalue weighted by Gasteiger charge is 2.20. The maximum absolute atomic E-state index is 6.14. The molecule has 9 aromatic carbocycles. The van der Waals surface area contributed by atoms with Crippen molar-refractivity contribution in [3.63, 3.8) is 0 Å². The Kier molecular flexibility index (Phi) is 7.82. The lowest BCUT2D eigenvalue weighted by atomic mass is 9.99. The Labute approximate surface area is 330 Å². The number of hydrogen-bond acceptors (Lipinski definition) is 2. The van der Waals surface area contributed by atoms with Gasteiger partial charge in [0.05, 0.1) is 11.0 Å². The zero-order chi connectivity index (χ0) is 37.7. The van der Waals surface area contributed by atoms with Gasteiger partial charge >= 0.3 is 0 Å². The van der Waals surface area contributed by atoms with Crippen LogP contribution >= 0.6 is 0 Å². The van der Waals surface area contributed by atoms with E-state index in [0.29, 0.717) is 0 Å². The number of anilines is 3. The summed E-state index contributed by atoms with van der Waals surface area (Å²) >= 11 is 0. The minimum Gasteiger partial charge on any atom is -0.456 e. The normalized spacial score (nSPS) is 11.5. The van der Waals surface area contributed by atoms with Gasteiger partial charge in [-0.15, -0.1) is 0 Å². The molecule has 2 aromatic heterocycles. The molecule has 0 saturated carbocycles. The molecule has 57 heavy (non-hydrogen) atoms. The zero-order valence-corrected chi connectivity index (χ0v) is 31.1. The number of para-hydroxylation sites is 2. The molecule has 0 fully saturated rings. The van der Waals surface area contributed by atoms with Crippen molar-refractivity contribution in [3.8, 4) is 39.1 Å². The van der Waals surface area contributed by atoms with E-state index in [1.807, 2.05) is 12.1 Å². The van der Waals surface area contributed by atoms with Gasteiger partial charge in [-0.3, -0.25) is 0 Å². The van der Waals surface area contributed by atoms with Crippen molar-refractivity contribution in [1.82, 2.24) is 4.57 Å². The number of rotatable bonds is 7. The molecule has 268 valence electrons. The quantitative estimate of drug-likeness (QED) is 0.163. The highest BCUT2D eigenvalue weighted by Crippen LogP contribution is 2.43. The smallest absolute Gasteiger partial charge is 0.135 e. The lowest BCUT2D eigenvalue weighted by molar-refractivity contribution is 0.669. The van der Waals surface area contributed by atoms with Crippen molar-refractivity contribution in [2.24, 2.45) is 0 Å². The van der Waals surface area contributed by atoms with Gasteiger partial charge in [0.1, 0.15) is 11.2 Å². The van der Waals surface area contributed by atoms with Crippen molar-refractivity contribution in [2.75, 3.05) is 4.90 Å². The van der Waals surface area contributed by atoms with E-state index in [1.54, 1.807) is 0 Å². The third-order valence-electron chi connectivity index (χ3n) is 11.2. The Hall–Kier alpha value is -7.62. The molecule has 0 aliphatic rings. The first-order valence-corrected chi connectivity index (χ1v) is 19.4. The van der Waals surface area contributed by atoms with E-state index in [1.165, 1.54) is 38.5 Å². The largest absolute Gasteiger partial charge is 0.456 e. The van der Waals surface area contributed by atoms with Crippen LogP contribution in [0.4, 0.5) is 17.1 Å². The van der Waals surface area contributed by atoms with Crippen LogP contribution in [0.2, 0.25) is 0 Å². The van der Waals surface area contributed by atoms with E-state index >= 15 is 0 Å². The summed E-state index contributed by atoms with van der Waals surface area (Å²) in [5.74, 6) is 0. The summed E-state index contributed by atoms with van der Waals surface area (Å²) in [5, 5.41) is 4.73. The van der Waals surface area contributed by atoms with E-state index in [9.17, 15) is 0 Å². The molecule has 0 bridgehead atoms. The topological polar surface area (TPSA) is 21.3 Å². The molecule has 0 N–H and O–H groups in total. The van der Waals surface area contributed by atoms with Gasteiger partial charge in [0.25, 0.3) is 0 Å². The second kappa shape index (κ2) is 13.6. The molecule has 11 aromatic rings. The third kappa shape index (κ3) is 5.68. The molecule has 3 heteroatoms. The summed E-state index contributed by atoms with van der Waals surface area (Å²) in [5.41, 5.74) is 15.6. The minimum absolute atomic E-state index is 0.903. The standard InChI is InChI=1S/C54H36N2O/c1-4-14-37(15-5-1)40-18-12-21-44(34-40)55(43-29-26-38(27-30-43)41-28-33-53-49(35-41)47-22-10-11-25-52(47)57-53)45-31-32-48-51(36-45)56(42-19-8-3-9-20-42)50-24-13-23-46(54(48)50)39-16-6-2-7-17-39/h1-36H. The van der Waals surface area contributed by atoms with Crippen molar-refractivity contribution in [2.45, 2.75) is 0 Å². The van der Waals surface area contributed by atoms with E-state index in [2.05, 4.69) is 216 Å². The van der Waals surface area contributed by atoms with E-state index in [0.717, 1.165) is 61.3 Å². The van der Waals surface area contributed by atoms with Gasteiger partial charge in [-0.2, -0.15) is 0 Å². The van der Waals surface area contributed by atoms with Crippen LogP contribution < -0.4 is 4.90 Å². The average molecular weight is 729 g/mol. The summed E-state index contributed by atoms with van der Waals surface area (Å²) in [4.78, 5) is 2.38. The van der Waals surface area contributed by atoms with Crippen LogP contribution in [-0.2, 0) is 0 Å². The minimum atomic E-state index is 0.903. The van der Waals surface area contributed by atoms with Crippen LogP contribution in [0.5, 0.6) is 0 Å². The molecule has 0 unspecified atom stereocenters. The highest BCUT2D eigenvalue weighted by molar-refractivity contribution is 6.16. The van der Waals surface area contributed by atoms with Crippen molar-refractivity contribution < 1.29 is 4.42 Å². The van der Waals surface area contributed by atoms with Crippen molar-refractivity contribution in [1.29, 1.82) is 0 Å². The summed E-state index contributed by atoms with van der Waals surface area (Å²) in [6.45, 7) is 0. The van der Waals surface area contributed by atoms with Crippen molar-refractivity contribution in [3.05, 3.63) is 218 Å². The summed E-state index contributed by atoms with van der Waals surface area (Å²) in [6.07, 6.45) is 0. The predicted molar refractivity (Wildman–Crippen MR) is 239 cm³/mol. The maximum atomic E-state index is 6.14. The number of furan rings is 1. The lowest BCUT2D eigenvalue weighted by Crippen LogP contribution is -2.10. The fourth-order valence-electron chi connectivity index (χ4n) is 8.52. The number of benzene rings is 9. The third-order valence-corrected chi connectivity index (χ3v) is 11.2. The van der Waals surface area contributed by atoms with Crippen LogP contribution in [0, 0.1) is 0 Å². The van der Waals surface area contributed by atoms with Crippen LogP contribution in [0.25, 0.3) is 82.8 Å². The maximum Gasteiger partial charge on any atom is 0.135 e. The number of aromatic nitrogens is 1. The second-order valence-corrected chi connectivity index (χ2v) is 14.5. The first-order valence-electron chi connectivity index (χ1n) is 19.4. The van der Waals surface area contributed by atoms with Gasteiger partial charge in [0, 0.05) is 44.3 Å².